The molecular weight excluding hydrogens is 332 g/mol. The third kappa shape index (κ3) is 2.74. The van der Waals surface area contributed by atoms with Crippen LogP contribution in [0, 0.1) is 0 Å². The molecule has 0 aliphatic carbocycles. The standard InChI is InChI=1S/C16H24N2O5S/c1-15(2,3)23-14(22)17-7-4-6-16(17)9-11-18(13(16)21)10(12(19)20)5-8-24-11/h10-11H,4-9H2,1-3H3,(H,19,20)/t10?,11?,16-/m1/s1. The second-order valence-corrected chi connectivity index (χ2v) is 8.94. The highest BCUT2D eigenvalue weighted by Crippen LogP contribution is 2.48. The van der Waals surface area contributed by atoms with Crippen molar-refractivity contribution < 1.29 is 24.2 Å². The van der Waals surface area contributed by atoms with Gasteiger partial charge in [-0.1, -0.05) is 0 Å². The van der Waals surface area contributed by atoms with Crippen molar-refractivity contribution in [1.82, 2.24) is 9.80 Å². The molecule has 0 bridgehead atoms. The molecule has 0 aromatic carbocycles. The van der Waals surface area contributed by atoms with Crippen molar-refractivity contribution in [3.8, 4) is 0 Å². The zero-order valence-corrected chi connectivity index (χ0v) is 15.1. The number of hydrogen-bond donors (Lipinski definition) is 1. The van der Waals surface area contributed by atoms with Crippen molar-refractivity contribution in [3.63, 3.8) is 0 Å². The third-order valence-electron chi connectivity index (χ3n) is 4.88. The Morgan fingerprint density at radius 2 is 2.08 bits per heavy atom. The number of nitrogens with zero attached hydrogens (tertiary/aromatic N) is 2. The molecule has 3 saturated heterocycles. The van der Waals surface area contributed by atoms with Crippen LogP contribution in [0.15, 0.2) is 0 Å². The van der Waals surface area contributed by atoms with Crippen LogP contribution < -0.4 is 0 Å². The fraction of sp³-hybridized carbons (Fsp3) is 0.812. The zero-order valence-electron chi connectivity index (χ0n) is 14.3. The lowest BCUT2D eigenvalue weighted by atomic mass is 9.94. The molecule has 3 fully saturated rings. The molecule has 0 saturated carbocycles. The first-order valence-electron chi connectivity index (χ1n) is 8.33. The molecule has 8 heteroatoms. The molecule has 1 N–H and O–H groups in total. The van der Waals surface area contributed by atoms with Gasteiger partial charge in [-0.15, -0.1) is 11.8 Å². The Morgan fingerprint density at radius 1 is 1.38 bits per heavy atom. The van der Waals surface area contributed by atoms with E-state index in [0.717, 1.165) is 6.42 Å². The molecule has 0 aromatic rings. The van der Waals surface area contributed by atoms with E-state index in [2.05, 4.69) is 0 Å². The Hall–Kier alpha value is -1.44. The molecule has 2 unspecified atom stereocenters. The van der Waals surface area contributed by atoms with Crippen LogP contribution in [-0.4, -0.2) is 67.7 Å². The highest BCUT2D eigenvalue weighted by Gasteiger charge is 2.62. The summed E-state index contributed by atoms with van der Waals surface area (Å²) in [6.45, 7) is 5.86. The summed E-state index contributed by atoms with van der Waals surface area (Å²) < 4.78 is 5.48. The molecule has 3 rings (SSSR count). The highest BCUT2D eigenvalue weighted by atomic mass is 32.2. The normalized spacial score (nSPS) is 33.0. The Bertz CT molecular complexity index is 575. The van der Waals surface area contributed by atoms with Gasteiger partial charge in [-0.25, -0.2) is 9.59 Å². The number of rotatable bonds is 1. The van der Waals surface area contributed by atoms with E-state index in [-0.39, 0.29) is 11.3 Å². The molecule has 0 radical (unpaired) electrons. The topological polar surface area (TPSA) is 87.2 Å². The van der Waals surface area contributed by atoms with Crippen LogP contribution >= 0.6 is 11.8 Å². The van der Waals surface area contributed by atoms with Gasteiger partial charge in [-0.3, -0.25) is 9.69 Å². The summed E-state index contributed by atoms with van der Waals surface area (Å²) in [5, 5.41) is 9.28. The minimum absolute atomic E-state index is 0.171. The van der Waals surface area contributed by atoms with Gasteiger partial charge in [-0.05, 0) is 45.8 Å². The highest BCUT2D eigenvalue weighted by molar-refractivity contribution is 7.99. The fourth-order valence-electron chi connectivity index (χ4n) is 3.92. The number of ether oxygens (including phenoxy) is 1. The van der Waals surface area contributed by atoms with Gasteiger partial charge in [0, 0.05) is 13.0 Å². The van der Waals surface area contributed by atoms with Gasteiger partial charge >= 0.3 is 12.1 Å². The van der Waals surface area contributed by atoms with Gasteiger partial charge in [0.1, 0.15) is 17.2 Å². The maximum Gasteiger partial charge on any atom is 0.411 e. The fourth-order valence-corrected chi connectivity index (χ4v) is 5.35. The van der Waals surface area contributed by atoms with Crippen LogP contribution in [0.1, 0.15) is 46.5 Å². The predicted molar refractivity (Wildman–Crippen MR) is 88.7 cm³/mol. The number of carboxylic acids is 1. The summed E-state index contributed by atoms with van der Waals surface area (Å²) in [6.07, 6.45) is 1.76. The molecule has 2 amide bonds. The van der Waals surface area contributed by atoms with Crippen molar-refractivity contribution in [3.05, 3.63) is 0 Å². The van der Waals surface area contributed by atoms with Crippen LogP contribution in [0.3, 0.4) is 0 Å². The van der Waals surface area contributed by atoms with E-state index in [9.17, 15) is 19.5 Å². The molecule has 24 heavy (non-hydrogen) atoms. The molecule has 3 heterocycles. The second-order valence-electron chi connectivity index (χ2n) is 7.65. The van der Waals surface area contributed by atoms with Crippen LogP contribution in [0.25, 0.3) is 0 Å². The smallest absolute Gasteiger partial charge is 0.411 e. The molecule has 3 atom stereocenters. The first-order valence-corrected chi connectivity index (χ1v) is 9.38. The summed E-state index contributed by atoms with van der Waals surface area (Å²) in [6, 6.07) is -0.788. The molecule has 3 aliphatic rings. The summed E-state index contributed by atoms with van der Waals surface area (Å²) in [5.74, 6) is -0.475. The number of carbonyl (C=O) groups excluding carboxylic acids is 2. The first kappa shape index (κ1) is 17.4. The first-order chi connectivity index (χ1) is 11.2. The number of carbonyl (C=O) groups is 3. The van der Waals surface area contributed by atoms with Gasteiger partial charge in [0.2, 0.25) is 5.91 Å². The number of thioether (sulfide) groups is 1. The average molecular weight is 356 g/mol. The lowest BCUT2D eigenvalue weighted by Crippen LogP contribution is -2.56. The van der Waals surface area contributed by atoms with Gasteiger partial charge in [0.25, 0.3) is 0 Å². The maximum atomic E-state index is 13.2. The van der Waals surface area contributed by atoms with Gasteiger partial charge in [0.15, 0.2) is 0 Å². The Labute approximate surface area is 145 Å². The molecular formula is C16H24N2O5S. The minimum atomic E-state index is -0.965. The van der Waals surface area contributed by atoms with E-state index in [0.29, 0.717) is 31.6 Å². The lowest BCUT2D eigenvalue weighted by Gasteiger charge is -2.36. The SMILES string of the molecule is CC(C)(C)OC(=O)N1CCC[C@]12CC1SCCC(C(=O)O)N1C2=O. The zero-order chi connectivity index (χ0) is 17.7. The number of fused-ring (bicyclic) bond motifs is 1. The van der Waals surface area contributed by atoms with E-state index < -0.39 is 29.2 Å². The number of amides is 2. The monoisotopic (exact) mass is 356 g/mol. The molecule has 0 aromatic heterocycles. The summed E-state index contributed by atoms with van der Waals surface area (Å²) in [4.78, 5) is 40.3. The number of aliphatic carboxylic acids is 1. The van der Waals surface area contributed by atoms with E-state index in [1.54, 1.807) is 37.4 Å². The van der Waals surface area contributed by atoms with Crippen molar-refractivity contribution in [2.45, 2.75) is 69.0 Å². The van der Waals surface area contributed by atoms with Crippen molar-refractivity contribution in [2.75, 3.05) is 12.3 Å². The van der Waals surface area contributed by atoms with Gasteiger partial charge in [0.05, 0.1) is 5.37 Å². The van der Waals surface area contributed by atoms with Gasteiger partial charge in [-0.2, -0.15) is 0 Å². The quantitative estimate of drug-likeness (QED) is 0.772. The van der Waals surface area contributed by atoms with Crippen molar-refractivity contribution >= 4 is 29.7 Å². The van der Waals surface area contributed by atoms with E-state index >= 15 is 0 Å². The van der Waals surface area contributed by atoms with Crippen LogP contribution in [0.2, 0.25) is 0 Å². The molecule has 134 valence electrons. The van der Waals surface area contributed by atoms with Crippen molar-refractivity contribution in [1.29, 1.82) is 0 Å². The van der Waals surface area contributed by atoms with E-state index in [4.69, 9.17) is 4.74 Å². The van der Waals surface area contributed by atoms with Gasteiger partial charge < -0.3 is 14.7 Å². The predicted octanol–water partition coefficient (Wildman–Crippen LogP) is 1.90. The maximum absolute atomic E-state index is 13.2. The number of likely N-dealkylation sites (tertiary alicyclic amines) is 1. The van der Waals surface area contributed by atoms with Crippen LogP contribution in [-0.2, 0) is 14.3 Å². The summed E-state index contributed by atoms with van der Waals surface area (Å²) in [5.41, 5.74) is -1.56. The Balaban J connectivity index is 1.88. The largest absolute Gasteiger partial charge is 0.480 e. The summed E-state index contributed by atoms with van der Waals surface area (Å²) >= 11 is 1.61. The van der Waals surface area contributed by atoms with Crippen molar-refractivity contribution in [2.24, 2.45) is 0 Å². The second kappa shape index (κ2) is 5.82. The average Bonchev–Trinajstić information content (AvgIpc) is 3.00. The molecule has 7 nitrogen and oxygen atoms in total. The lowest BCUT2D eigenvalue weighted by molar-refractivity contribution is -0.151. The van der Waals surface area contributed by atoms with Crippen LogP contribution in [0.5, 0.6) is 0 Å². The van der Waals surface area contributed by atoms with E-state index in [1.165, 1.54) is 4.90 Å². The Morgan fingerprint density at radius 3 is 2.71 bits per heavy atom. The molecule has 3 aliphatic heterocycles. The van der Waals surface area contributed by atoms with E-state index in [1.807, 2.05) is 0 Å². The number of hydrogen-bond acceptors (Lipinski definition) is 5. The summed E-state index contributed by atoms with van der Waals surface area (Å²) in [7, 11) is 0. The Kier molecular flexibility index (Phi) is 4.22. The minimum Gasteiger partial charge on any atom is -0.480 e. The van der Waals surface area contributed by atoms with Crippen LogP contribution in [0.4, 0.5) is 4.79 Å². The molecule has 1 spiro atoms. The number of carboxylic acid groups (broad SMARTS) is 1. The third-order valence-corrected chi connectivity index (χ3v) is 6.13.